The summed E-state index contributed by atoms with van der Waals surface area (Å²) < 4.78 is 0. The average molecular weight is 210 g/mol. The Morgan fingerprint density at radius 1 is 1.40 bits per heavy atom. The van der Waals surface area contributed by atoms with Gasteiger partial charge in [0.05, 0.1) is 0 Å². The Balaban J connectivity index is 2.09. The molecule has 0 saturated heterocycles. The van der Waals surface area contributed by atoms with Gasteiger partial charge in [-0.1, -0.05) is 24.4 Å². The van der Waals surface area contributed by atoms with Gasteiger partial charge in [0.25, 0.3) is 0 Å². The molecule has 5 heteroatoms. The minimum Gasteiger partial charge on any atom is -0.356 e. The number of amides is 1. The number of carbonyl (C=O) groups excluding carboxylic acids is 1. The Labute approximate surface area is 89.9 Å². The van der Waals surface area contributed by atoms with E-state index in [9.17, 15) is 4.79 Å². The first-order chi connectivity index (χ1) is 7.34. The molecular weight excluding hydrogens is 192 g/mol. The molecule has 1 rings (SSSR count). The highest BCUT2D eigenvalue weighted by molar-refractivity contribution is 5.78. The lowest BCUT2D eigenvalue weighted by molar-refractivity contribution is -0.125. The lowest BCUT2D eigenvalue weighted by atomic mass is 9.89. The molecule has 0 aliphatic heterocycles. The Morgan fingerprint density at radius 2 is 2.13 bits per heavy atom. The maximum atomic E-state index is 11.6. The van der Waals surface area contributed by atoms with Crippen molar-refractivity contribution in [3.63, 3.8) is 0 Å². The van der Waals surface area contributed by atoms with Gasteiger partial charge in [-0.2, -0.15) is 0 Å². The molecule has 15 heavy (non-hydrogen) atoms. The van der Waals surface area contributed by atoms with E-state index in [2.05, 4.69) is 15.3 Å². The summed E-state index contributed by atoms with van der Waals surface area (Å²) in [4.78, 5) is 14.3. The largest absolute Gasteiger partial charge is 0.356 e. The average Bonchev–Trinajstić information content (AvgIpc) is 2.30. The Bertz CT molecular complexity index is 242. The van der Waals surface area contributed by atoms with Crippen molar-refractivity contribution in [2.45, 2.75) is 38.5 Å². The molecule has 84 valence electrons. The summed E-state index contributed by atoms with van der Waals surface area (Å²) in [6, 6.07) is 0. The highest BCUT2D eigenvalue weighted by atomic mass is 16.1. The van der Waals surface area contributed by atoms with Crippen LogP contribution in [0.25, 0.3) is 10.4 Å². The van der Waals surface area contributed by atoms with Crippen LogP contribution in [0.15, 0.2) is 5.11 Å². The number of azide groups is 1. The maximum Gasteiger partial charge on any atom is 0.223 e. The SMILES string of the molecule is [N-]=[N+]=NCCCNC(=O)C1CCCCC1. The highest BCUT2D eigenvalue weighted by Gasteiger charge is 2.20. The lowest BCUT2D eigenvalue weighted by Gasteiger charge is -2.20. The minimum atomic E-state index is 0.177. The molecule has 1 aliphatic carbocycles. The van der Waals surface area contributed by atoms with Crippen LogP contribution in [0, 0.1) is 5.92 Å². The third-order valence-electron chi connectivity index (χ3n) is 2.77. The minimum absolute atomic E-state index is 0.177. The van der Waals surface area contributed by atoms with Gasteiger partial charge in [-0.3, -0.25) is 4.79 Å². The molecule has 0 radical (unpaired) electrons. The van der Waals surface area contributed by atoms with Crippen LogP contribution in [0.1, 0.15) is 38.5 Å². The van der Waals surface area contributed by atoms with E-state index in [-0.39, 0.29) is 11.8 Å². The van der Waals surface area contributed by atoms with Crippen molar-refractivity contribution < 1.29 is 4.79 Å². The second-order valence-electron chi connectivity index (χ2n) is 3.93. The number of rotatable bonds is 5. The molecule has 0 aromatic heterocycles. The van der Waals surface area contributed by atoms with Crippen LogP contribution in [0.2, 0.25) is 0 Å². The summed E-state index contributed by atoms with van der Waals surface area (Å²) in [7, 11) is 0. The predicted molar refractivity (Wildman–Crippen MR) is 58.2 cm³/mol. The van der Waals surface area contributed by atoms with Gasteiger partial charge in [-0.15, -0.1) is 0 Å². The van der Waals surface area contributed by atoms with Crippen molar-refractivity contribution in [1.29, 1.82) is 0 Å². The second-order valence-corrected chi connectivity index (χ2v) is 3.93. The first kappa shape index (κ1) is 11.9. The molecule has 0 bridgehead atoms. The summed E-state index contributed by atoms with van der Waals surface area (Å²) in [6.07, 6.45) is 6.40. The number of hydrogen-bond donors (Lipinski definition) is 1. The Morgan fingerprint density at radius 3 is 2.80 bits per heavy atom. The summed E-state index contributed by atoms with van der Waals surface area (Å²) in [5.74, 6) is 0.397. The second kappa shape index (κ2) is 7.12. The quantitative estimate of drug-likeness (QED) is 0.321. The van der Waals surface area contributed by atoms with Gasteiger partial charge in [-0.25, -0.2) is 0 Å². The van der Waals surface area contributed by atoms with Gasteiger partial charge in [0.2, 0.25) is 5.91 Å². The molecular formula is C10H18N4O. The van der Waals surface area contributed by atoms with Crippen molar-refractivity contribution in [2.24, 2.45) is 11.0 Å². The third-order valence-corrected chi connectivity index (χ3v) is 2.77. The van der Waals surface area contributed by atoms with Gasteiger partial charge in [0, 0.05) is 23.9 Å². The zero-order valence-electron chi connectivity index (χ0n) is 8.98. The standard InChI is InChI=1S/C10H18N4O/c11-14-13-8-4-7-12-10(15)9-5-2-1-3-6-9/h9H,1-8H2,(H,12,15). The molecule has 1 amide bonds. The fourth-order valence-corrected chi connectivity index (χ4v) is 1.92. The molecule has 5 nitrogen and oxygen atoms in total. The number of nitrogens with zero attached hydrogens (tertiary/aromatic N) is 3. The molecule has 1 aliphatic rings. The Kier molecular flexibility index (Phi) is 5.63. The molecule has 0 unspecified atom stereocenters. The molecule has 0 aromatic rings. The van der Waals surface area contributed by atoms with E-state index in [1.54, 1.807) is 0 Å². The van der Waals surface area contributed by atoms with Gasteiger partial charge >= 0.3 is 0 Å². The summed E-state index contributed by atoms with van der Waals surface area (Å²) >= 11 is 0. The molecule has 0 aromatic carbocycles. The monoisotopic (exact) mass is 210 g/mol. The summed E-state index contributed by atoms with van der Waals surface area (Å²) in [6.45, 7) is 1.08. The van der Waals surface area contributed by atoms with E-state index in [1.807, 2.05) is 0 Å². The van der Waals surface area contributed by atoms with Crippen LogP contribution in [-0.4, -0.2) is 19.0 Å². The molecule has 1 N–H and O–H groups in total. The Hall–Kier alpha value is -1.22. The fraction of sp³-hybridized carbons (Fsp3) is 0.900. The topological polar surface area (TPSA) is 77.9 Å². The van der Waals surface area contributed by atoms with Crippen LogP contribution in [0.3, 0.4) is 0 Å². The smallest absolute Gasteiger partial charge is 0.223 e. The van der Waals surface area contributed by atoms with Crippen LogP contribution in [0.5, 0.6) is 0 Å². The van der Waals surface area contributed by atoms with Crippen LogP contribution >= 0.6 is 0 Å². The van der Waals surface area contributed by atoms with Crippen molar-refractivity contribution in [3.05, 3.63) is 10.4 Å². The van der Waals surface area contributed by atoms with Gasteiger partial charge in [0.15, 0.2) is 0 Å². The normalized spacial score (nSPS) is 16.8. The fourth-order valence-electron chi connectivity index (χ4n) is 1.92. The van der Waals surface area contributed by atoms with Crippen molar-refractivity contribution in [2.75, 3.05) is 13.1 Å². The first-order valence-corrected chi connectivity index (χ1v) is 5.63. The molecule has 0 atom stereocenters. The molecule has 0 heterocycles. The summed E-state index contributed by atoms with van der Waals surface area (Å²) in [5.41, 5.74) is 8.05. The maximum absolute atomic E-state index is 11.6. The zero-order valence-corrected chi connectivity index (χ0v) is 8.98. The van der Waals surface area contributed by atoms with Crippen LogP contribution in [-0.2, 0) is 4.79 Å². The van der Waals surface area contributed by atoms with Crippen LogP contribution in [0.4, 0.5) is 0 Å². The van der Waals surface area contributed by atoms with E-state index in [0.717, 1.165) is 19.3 Å². The zero-order chi connectivity index (χ0) is 10.9. The van der Waals surface area contributed by atoms with E-state index >= 15 is 0 Å². The van der Waals surface area contributed by atoms with E-state index in [1.165, 1.54) is 19.3 Å². The molecule has 0 spiro atoms. The predicted octanol–water partition coefficient (Wildman–Crippen LogP) is 2.38. The highest BCUT2D eigenvalue weighted by Crippen LogP contribution is 2.23. The van der Waals surface area contributed by atoms with Crippen LogP contribution < -0.4 is 5.32 Å². The van der Waals surface area contributed by atoms with Crippen molar-refractivity contribution in [3.8, 4) is 0 Å². The lowest BCUT2D eigenvalue weighted by Crippen LogP contribution is -2.32. The van der Waals surface area contributed by atoms with Crippen molar-refractivity contribution in [1.82, 2.24) is 5.32 Å². The molecule has 1 saturated carbocycles. The molecule has 1 fully saturated rings. The number of hydrogen-bond acceptors (Lipinski definition) is 2. The van der Waals surface area contributed by atoms with Gasteiger partial charge in [0.1, 0.15) is 0 Å². The number of carbonyl (C=O) groups is 1. The van der Waals surface area contributed by atoms with Gasteiger partial charge in [-0.05, 0) is 24.8 Å². The van der Waals surface area contributed by atoms with E-state index in [0.29, 0.717) is 13.1 Å². The number of nitrogens with one attached hydrogen (secondary N) is 1. The van der Waals surface area contributed by atoms with Gasteiger partial charge < -0.3 is 5.32 Å². The summed E-state index contributed by atoms with van der Waals surface area (Å²) in [5, 5.41) is 6.30. The van der Waals surface area contributed by atoms with E-state index in [4.69, 9.17) is 5.53 Å². The van der Waals surface area contributed by atoms with Crippen molar-refractivity contribution >= 4 is 5.91 Å². The third kappa shape index (κ3) is 4.70. The first-order valence-electron chi connectivity index (χ1n) is 5.63. The van der Waals surface area contributed by atoms with E-state index < -0.39 is 0 Å².